The number of hydrogen-bond acceptors (Lipinski definition) is 3. The number of alkyl halides is 3. The molecular formula is C31H34F3NO3. The van der Waals surface area contributed by atoms with Crippen LogP contribution in [0.25, 0.3) is 5.57 Å². The third kappa shape index (κ3) is 5.98. The van der Waals surface area contributed by atoms with Gasteiger partial charge in [-0.3, -0.25) is 9.29 Å². The van der Waals surface area contributed by atoms with Gasteiger partial charge < -0.3 is 9.84 Å². The zero-order valence-electron chi connectivity index (χ0n) is 21.5. The van der Waals surface area contributed by atoms with Crippen molar-refractivity contribution in [1.29, 1.82) is 0 Å². The molecule has 1 saturated heterocycles. The third-order valence-electron chi connectivity index (χ3n) is 7.85. The maximum atomic E-state index is 14.0. The first-order chi connectivity index (χ1) is 18.3. The van der Waals surface area contributed by atoms with E-state index in [0.717, 1.165) is 84.5 Å². The minimum atomic E-state index is -2.67. The van der Waals surface area contributed by atoms with E-state index in [4.69, 9.17) is 4.74 Å². The van der Waals surface area contributed by atoms with Crippen molar-refractivity contribution in [2.45, 2.75) is 63.4 Å². The Balaban J connectivity index is 1.52. The number of aryl methyl sites for hydroxylation is 1. The molecule has 4 nitrogen and oxygen atoms in total. The zero-order valence-corrected chi connectivity index (χ0v) is 21.5. The standard InChI is InChI=1S/C31H34F3NO3/c32-15-3-16-35-17-12-26(20-35)38-25-6-1-5-23(19-25)29-27(21-10-13-31(33,34)14-11-21)7-2-4-22-18-24(30(36)37)8-9-28(22)29/h1,5-6,8-10,18-19,26H,2-4,7,11-17,20H2,(H,36,37). The number of carbonyl (C=O) groups is 1. The van der Waals surface area contributed by atoms with Gasteiger partial charge in [0.05, 0.1) is 12.2 Å². The number of rotatable bonds is 8. The molecule has 0 aromatic heterocycles. The Hall–Kier alpha value is -3.06. The van der Waals surface area contributed by atoms with Crippen LogP contribution in [0.3, 0.4) is 0 Å². The SMILES string of the molecule is O=C(O)c1ccc2c(c1)CCCC(C1=CCC(F)(F)CC1)=C2c1cccc(OC2CCN(CCCF)C2)c1. The molecule has 1 unspecified atom stereocenters. The summed E-state index contributed by atoms with van der Waals surface area (Å²) >= 11 is 0. The number of fused-ring (bicyclic) bond motifs is 1. The summed E-state index contributed by atoms with van der Waals surface area (Å²) in [6.45, 7) is 2.07. The number of carboxylic acid groups (broad SMARTS) is 1. The average Bonchev–Trinajstić information content (AvgIpc) is 3.25. The maximum Gasteiger partial charge on any atom is 0.335 e. The summed E-state index contributed by atoms with van der Waals surface area (Å²) < 4.78 is 46.9. The van der Waals surface area contributed by atoms with Crippen LogP contribution in [0, 0.1) is 0 Å². The van der Waals surface area contributed by atoms with Crippen LogP contribution in [0.5, 0.6) is 5.75 Å². The Morgan fingerprint density at radius 1 is 1.13 bits per heavy atom. The van der Waals surface area contributed by atoms with Crippen LogP contribution in [0.1, 0.15) is 72.0 Å². The molecule has 1 heterocycles. The number of allylic oxidation sites excluding steroid dienone is 3. The second-order valence-electron chi connectivity index (χ2n) is 10.6. The predicted octanol–water partition coefficient (Wildman–Crippen LogP) is 7.08. The monoisotopic (exact) mass is 525 g/mol. The minimum Gasteiger partial charge on any atom is -0.489 e. The highest BCUT2D eigenvalue weighted by Crippen LogP contribution is 2.43. The highest BCUT2D eigenvalue weighted by Gasteiger charge is 2.33. The van der Waals surface area contributed by atoms with Gasteiger partial charge in [0, 0.05) is 32.5 Å². The Labute approximate surface area is 221 Å². The quantitative estimate of drug-likeness (QED) is 0.400. The van der Waals surface area contributed by atoms with E-state index in [1.165, 1.54) is 0 Å². The van der Waals surface area contributed by atoms with Crippen LogP contribution >= 0.6 is 0 Å². The topological polar surface area (TPSA) is 49.8 Å². The van der Waals surface area contributed by atoms with E-state index in [1.54, 1.807) is 18.2 Å². The molecule has 2 aromatic rings. The molecule has 1 fully saturated rings. The summed E-state index contributed by atoms with van der Waals surface area (Å²) in [4.78, 5) is 13.9. The van der Waals surface area contributed by atoms with Gasteiger partial charge in [-0.25, -0.2) is 13.6 Å². The van der Waals surface area contributed by atoms with Crippen molar-refractivity contribution in [3.63, 3.8) is 0 Å². The molecule has 7 heteroatoms. The molecule has 2 aliphatic carbocycles. The summed E-state index contributed by atoms with van der Waals surface area (Å²) in [5.74, 6) is -2.90. The number of likely N-dealkylation sites (tertiary alicyclic amines) is 1. The van der Waals surface area contributed by atoms with Crippen molar-refractivity contribution >= 4 is 11.5 Å². The first kappa shape index (κ1) is 26.5. The van der Waals surface area contributed by atoms with Crippen molar-refractivity contribution in [2.75, 3.05) is 26.3 Å². The van der Waals surface area contributed by atoms with Crippen LogP contribution in [0.15, 0.2) is 59.7 Å². The Bertz CT molecular complexity index is 1250. The van der Waals surface area contributed by atoms with Crippen molar-refractivity contribution in [3.05, 3.63) is 81.9 Å². The average molecular weight is 526 g/mol. The lowest BCUT2D eigenvalue weighted by molar-refractivity contribution is -0.00838. The maximum absolute atomic E-state index is 14.0. The van der Waals surface area contributed by atoms with Crippen LogP contribution in [0.2, 0.25) is 0 Å². The number of aromatic carboxylic acids is 1. The molecule has 0 amide bonds. The molecule has 0 saturated carbocycles. The number of benzene rings is 2. The molecular weight excluding hydrogens is 491 g/mol. The number of nitrogens with zero attached hydrogens (tertiary/aromatic N) is 1. The Morgan fingerprint density at radius 3 is 2.76 bits per heavy atom. The smallest absolute Gasteiger partial charge is 0.335 e. The largest absolute Gasteiger partial charge is 0.489 e. The molecule has 0 radical (unpaired) electrons. The summed E-state index contributed by atoms with van der Waals surface area (Å²) in [7, 11) is 0. The van der Waals surface area contributed by atoms with Gasteiger partial charge in [-0.1, -0.05) is 24.3 Å². The number of ether oxygens (including phenoxy) is 1. The lowest BCUT2D eigenvalue weighted by Gasteiger charge is -2.25. The van der Waals surface area contributed by atoms with Gasteiger partial charge in [-0.2, -0.15) is 0 Å². The summed E-state index contributed by atoms with van der Waals surface area (Å²) in [5.41, 5.74) is 6.11. The van der Waals surface area contributed by atoms with Crippen molar-refractivity contribution in [3.8, 4) is 5.75 Å². The second kappa shape index (κ2) is 11.4. The van der Waals surface area contributed by atoms with E-state index >= 15 is 0 Å². The molecule has 38 heavy (non-hydrogen) atoms. The summed E-state index contributed by atoms with van der Waals surface area (Å²) in [6, 6.07) is 13.1. The van der Waals surface area contributed by atoms with Gasteiger partial charge in [0.15, 0.2) is 0 Å². The van der Waals surface area contributed by atoms with E-state index in [9.17, 15) is 23.1 Å². The van der Waals surface area contributed by atoms with Crippen LogP contribution in [0.4, 0.5) is 13.2 Å². The normalized spacial score (nSPS) is 21.6. The van der Waals surface area contributed by atoms with E-state index < -0.39 is 11.9 Å². The van der Waals surface area contributed by atoms with Gasteiger partial charge in [-0.05, 0) is 96.2 Å². The van der Waals surface area contributed by atoms with Gasteiger partial charge >= 0.3 is 5.97 Å². The van der Waals surface area contributed by atoms with E-state index in [1.807, 2.05) is 30.3 Å². The second-order valence-corrected chi connectivity index (χ2v) is 10.6. The molecule has 3 aliphatic rings. The first-order valence-electron chi connectivity index (χ1n) is 13.6. The van der Waals surface area contributed by atoms with Crippen LogP contribution in [-0.4, -0.2) is 54.3 Å². The third-order valence-corrected chi connectivity index (χ3v) is 7.85. The highest BCUT2D eigenvalue weighted by molar-refractivity contribution is 5.91. The molecule has 1 N–H and O–H groups in total. The fourth-order valence-corrected chi connectivity index (χ4v) is 5.94. The molecule has 5 rings (SSSR count). The minimum absolute atomic E-state index is 0.0288. The molecule has 0 spiro atoms. The number of hydrogen-bond donors (Lipinski definition) is 1. The fraction of sp³-hybridized carbons (Fsp3) is 0.452. The first-order valence-corrected chi connectivity index (χ1v) is 13.6. The summed E-state index contributed by atoms with van der Waals surface area (Å²) in [6.07, 6.45) is 5.31. The van der Waals surface area contributed by atoms with Crippen LogP contribution < -0.4 is 4.74 Å². The lowest BCUT2D eigenvalue weighted by atomic mass is 9.83. The fourth-order valence-electron chi connectivity index (χ4n) is 5.94. The number of carboxylic acids is 1. The van der Waals surface area contributed by atoms with E-state index in [-0.39, 0.29) is 31.2 Å². The van der Waals surface area contributed by atoms with Crippen molar-refractivity contribution in [2.24, 2.45) is 0 Å². The van der Waals surface area contributed by atoms with Gasteiger partial charge in [-0.15, -0.1) is 0 Å². The van der Waals surface area contributed by atoms with E-state index in [0.29, 0.717) is 12.8 Å². The Kier molecular flexibility index (Phi) is 7.93. The zero-order chi connectivity index (χ0) is 26.7. The predicted molar refractivity (Wildman–Crippen MR) is 142 cm³/mol. The molecule has 202 valence electrons. The molecule has 2 aromatic carbocycles. The molecule has 1 atom stereocenters. The van der Waals surface area contributed by atoms with Gasteiger partial charge in [0.1, 0.15) is 11.9 Å². The molecule has 0 bridgehead atoms. The van der Waals surface area contributed by atoms with E-state index in [2.05, 4.69) is 4.90 Å². The lowest BCUT2D eigenvalue weighted by Crippen LogP contribution is -2.26. The van der Waals surface area contributed by atoms with Gasteiger partial charge in [0.2, 0.25) is 0 Å². The van der Waals surface area contributed by atoms with Crippen LogP contribution in [-0.2, 0) is 6.42 Å². The molecule has 1 aliphatic heterocycles. The van der Waals surface area contributed by atoms with Crippen molar-refractivity contribution < 1.29 is 27.8 Å². The van der Waals surface area contributed by atoms with Crippen molar-refractivity contribution in [1.82, 2.24) is 4.90 Å². The number of halogens is 3. The highest BCUT2D eigenvalue weighted by atomic mass is 19.3. The Morgan fingerprint density at radius 2 is 2.00 bits per heavy atom. The van der Waals surface area contributed by atoms with Gasteiger partial charge in [0.25, 0.3) is 5.92 Å². The summed E-state index contributed by atoms with van der Waals surface area (Å²) in [5, 5.41) is 9.55.